The van der Waals surface area contributed by atoms with Gasteiger partial charge in [-0.25, -0.2) is 4.98 Å². The zero-order chi connectivity index (χ0) is 8.97. The van der Waals surface area contributed by atoms with E-state index in [-0.39, 0.29) is 0 Å². The van der Waals surface area contributed by atoms with Gasteiger partial charge in [0.2, 0.25) is 0 Å². The van der Waals surface area contributed by atoms with E-state index >= 15 is 0 Å². The van der Waals surface area contributed by atoms with E-state index in [1.165, 1.54) is 12.2 Å². The van der Waals surface area contributed by atoms with Crippen molar-refractivity contribution in [1.82, 2.24) is 4.98 Å². The summed E-state index contributed by atoms with van der Waals surface area (Å²) in [4.78, 5) is 3.91. The highest BCUT2D eigenvalue weighted by Gasteiger charge is 1.96. The average molecular weight is 180 g/mol. The van der Waals surface area contributed by atoms with Crippen molar-refractivity contribution in [3.05, 3.63) is 29.1 Å². The molecule has 4 heteroatoms. The predicted octanol–water partition coefficient (Wildman–Crippen LogP) is 1.85. The van der Waals surface area contributed by atoms with Crippen LogP contribution in [0.15, 0.2) is 18.2 Å². The number of anilines is 1. The van der Waals surface area contributed by atoms with Gasteiger partial charge in [-0.2, -0.15) is 5.26 Å². The number of halogens is 1. The fraction of sp³-hybridized carbons (Fsp3) is 0. The number of nitriles is 1. The monoisotopic (exact) mass is 179 g/mol. The normalized spacial score (nSPS) is 10.0. The third kappa shape index (κ3) is 1.97. The molecule has 0 atom stereocenters. The fourth-order valence-electron chi connectivity index (χ4n) is 0.711. The van der Waals surface area contributed by atoms with E-state index < -0.39 is 0 Å². The van der Waals surface area contributed by atoms with Crippen LogP contribution in [0.4, 0.5) is 5.69 Å². The highest BCUT2D eigenvalue weighted by atomic mass is 35.5. The molecule has 0 fully saturated rings. The van der Waals surface area contributed by atoms with Crippen LogP contribution < -0.4 is 5.73 Å². The van der Waals surface area contributed by atoms with E-state index in [0.29, 0.717) is 16.5 Å². The summed E-state index contributed by atoms with van der Waals surface area (Å²) in [6, 6.07) is 5.09. The molecule has 0 unspecified atom stereocenters. The zero-order valence-electron chi connectivity index (χ0n) is 6.16. The van der Waals surface area contributed by atoms with Gasteiger partial charge in [0, 0.05) is 6.08 Å². The first-order chi connectivity index (χ1) is 5.74. The Hall–Kier alpha value is -1.53. The van der Waals surface area contributed by atoms with Gasteiger partial charge in [-0.05, 0) is 18.2 Å². The Morgan fingerprint density at radius 3 is 3.00 bits per heavy atom. The molecule has 0 aliphatic carbocycles. The Balaban J connectivity index is 3.07. The van der Waals surface area contributed by atoms with Crippen molar-refractivity contribution in [2.24, 2.45) is 0 Å². The second-order valence-electron chi connectivity index (χ2n) is 2.07. The lowest BCUT2D eigenvalue weighted by molar-refractivity contribution is 1.30. The molecule has 0 saturated heterocycles. The Kier molecular flexibility index (Phi) is 2.67. The third-order valence-corrected chi connectivity index (χ3v) is 1.45. The number of allylic oxidation sites excluding steroid dienone is 1. The first-order valence-electron chi connectivity index (χ1n) is 3.22. The molecule has 0 aromatic carbocycles. The molecule has 1 aromatic rings. The molecule has 60 valence electrons. The number of rotatable bonds is 1. The minimum atomic E-state index is 0.363. The number of hydrogen-bond acceptors (Lipinski definition) is 3. The van der Waals surface area contributed by atoms with Gasteiger partial charge in [-0.3, -0.25) is 0 Å². The summed E-state index contributed by atoms with van der Waals surface area (Å²) >= 11 is 5.61. The third-order valence-electron chi connectivity index (χ3n) is 1.24. The second kappa shape index (κ2) is 3.74. The van der Waals surface area contributed by atoms with Crippen molar-refractivity contribution in [2.45, 2.75) is 0 Å². The quantitative estimate of drug-likeness (QED) is 0.529. The summed E-state index contributed by atoms with van der Waals surface area (Å²) in [6.45, 7) is 0. The van der Waals surface area contributed by atoms with Gasteiger partial charge < -0.3 is 5.73 Å². The fourth-order valence-corrected chi connectivity index (χ4v) is 0.865. The van der Waals surface area contributed by atoms with Crippen molar-refractivity contribution < 1.29 is 0 Å². The van der Waals surface area contributed by atoms with E-state index in [4.69, 9.17) is 22.6 Å². The Morgan fingerprint density at radius 2 is 2.33 bits per heavy atom. The summed E-state index contributed by atoms with van der Waals surface area (Å²) in [5.74, 6) is 0. The van der Waals surface area contributed by atoms with E-state index in [2.05, 4.69) is 4.98 Å². The lowest BCUT2D eigenvalue weighted by Gasteiger charge is -1.97. The molecular weight excluding hydrogens is 174 g/mol. The van der Waals surface area contributed by atoms with Gasteiger partial charge >= 0.3 is 0 Å². The van der Waals surface area contributed by atoms with Crippen LogP contribution in [0.25, 0.3) is 6.08 Å². The van der Waals surface area contributed by atoms with Crippen molar-refractivity contribution in [1.29, 1.82) is 5.26 Å². The lowest BCUT2D eigenvalue weighted by atomic mass is 10.3. The van der Waals surface area contributed by atoms with Gasteiger partial charge in [0.15, 0.2) is 0 Å². The molecule has 2 N–H and O–H groups in total. The maximum atomic E-state index is 8.25. The van der Waals surface area contributed by atoms with E-state index in [1.54, 1.807) is 12.1 Å². The molecule has 0 bridgehead atoms. The average Bonchev–Trinajstić information content (AvgIpc) is 2.07. The maximum Gasteiger partial charge on any atom is 0.129 e. The van der Waals surface area contributed by atoms with Gasteiger partial charge in [-0.1, -0.05) is 11.6 Å². The minimum absolute atomic E-state index is 0.363. The molecule has 3 nitrogen and oxygen atoms in total. The summed E-state index contributed by atoms with van der Waals surface area (Å²) < 4.78 is 0. The highest BCUT2D eigenvalue weighted by molar-refractivity contribution is 6.29. The molecule has 1 rings (SSSR count). The summed E-state index contributed by atoms with van der Waals surface area (Å²) in [5, 5.41) is 8.61. The molecular formula is C8H6ClN3. The van der Waals surface area contributed by atoms with Crippen molar-refractivity contribution in [3.63, 3.8) is 0 Å². The number of nitrogens with zero attached hydrogens (tertiary/aromatic N) is 2. The smallest absolute Gasteiger partial charge is 0.129 e. The van der Waals surface area contributed by atoms with Crippen LogP contribution in [0, 0.1) is 11.3 Å². The van der Waals surface area contributed by atoms with Gasteiger partial charge in [-0.15, -0.1) is 0 Å². The molecule has 0 amide bonds. The first kappa shape index (κ1) is 8.57. The van der Waals surface area contributed by atoms with E-state index in [1.807, 2.05) is 6.07 Å². The number of hydrogen-bond donors (Lipinski definition) is 1. The number of aromatic nitrogens is 1. The number of nitrogen functional groups attached to an aromatic ring is 1. The van der Waals surface area contributed by atoms with Crippen LogP contribution in [0.5, 0.6) is 0 Å². The molecule has 0 spiro atoms. The van der Waals surface area contributed by atoms with E-state index in [0.717, 1.165) is 0 Å². The van der Waals surface area contributed by atoms with Crippen LogP contribution in [0.1, 0.15) is 5.69 Å². The topological polar surface area (TPSA) is 62.7 Å². The van der Waals surface area contributed by atoms with Crippen molar-refractivity contribution >= 4 is 23.4 Å². The molecule has 0 aliphatic rings. The largest absolute Gasteiger partial charge is 0.397 e. The second-order valence-corrected chi connectivity index (χ2v) is 2.46. The molecule has 0 saturated carbocycles. The zero-order valence-corrected chi connectivity index (χ0v) is 6.92. The Labute approximate surface area is 75.1 Å². The standard InChI is InChI=1S/C8H6ClN3/c9-8-4-3-6(11)7(12-8)2-1-5-10/h1-4H,11H2. The van der Waals surface area contributed by atoms with E-state index in [9.17, 15) is 0 Å². The summed E-state index contributed by atoms with van der Waals surface area (Å²) in [5.41, 5.74) is 6.57. The molecule has 12 heavy (non-hydrogen) atoms. The van der Waals surface area contributed by atoms with Crippen LogP contribution in [0.3, 0.4) is 0 Å². The van der Waals surface area contributed by atoms with Crippen LogP contribution >= 0.6 is 11.6 Å². The number of nitrogens with two attached hydrogens (primary N) is 1. The minimum Gasteiger partial charge on any atom is -0.397 e. The van der Waals surface area contributed by atoms with Crippen molar-refractivity contribution in [2.75, 3.05) is 5.73 Å². The summed E-state index contributed by atoms with van der Waals surface area (Å²) in [6.07, 6.45) is 2.82. The lowest BCUT2D eigenvalue weighted by Crippen LogP contribution is -1.91. The molecule has 1 aromatic heterocycles. The predicted molar refractivity (Wildman–Crippen MR) is 48.3 cm³/mol. The van der Waals surface area contributed by atoms with Gasteiger partial charge in [0.1, 0.15) is 5.15 Å². The summed E-state index contributed by atoms with van der Waals surface area (Å²) in [7, 11) is 0. The molecule has 1 heterocycles. The first-order valence-corrected chi connectivity index (χ1v) is 3.60. The van der Waals surface area contributed by atoms with Crippen molar-refractivity contribution in [3.8, 4) is 6.07 Å². The van der Waals surface area contributed by atoms with Gasteiger partial charge in [0.25, 0.3) is 0 Å². The SMILES string of the molecule is N#CC=Cc1nc(Cl)ccc1N. The number of pyridine rings is 1. The molecule has 0 aliphatic heterocycles. The van der Waals surface area contributed by atoms with Gasteiger partial charge in [0.05, 0.1) is 17.5 Å². The Morgan fingerprint density at radius 1 is 1.58 bits per heavy atom. The van der Waals surface area contributed by atoms with Crippen LogP contribution in [0.2, 0.25) is 5.15 Å². The highest BCUT2D eigenvalue weighted by Crippen LogP contribution is 2.14. The Bertz CT molecular complexity index is 352. The van der Waals surface area contributed by atoms with Crippen LogP contribution in [-0.2, 0) is 0 Å². The molecule has 0 radical (unpaired) electrons. The van der Waals surface area contributed by atoms with Crippen LogP contribution in [-0.4, -0.2) is 4.98 Å². The maximum absolute atomic E-state index is 8.25.